The highest BCUT2D eigenvalue weighted by atomic mass is 32.2. The SMILES string of the molecule is COc1ccc([SH]2CCOCC2)cc1. The summed E-state index contributed by atoms with van der Waals surface area (Å²) in [6.45, 7) is 1.86. The van der Waals surface area contributed by atoms with Gasteiger partial charge in [-0.3, -0.25) is 0 Å². The topological polar surface area (TPSA) is 18.5 Å². The summed E-state index contributed by atoms with van der Waals surface area (Å²) < 4.78 is 10.5. The quantitative estimate of drug-likeness (QED) is 0.757. The third-order valence-corrected chi connectivity index (χ3v) is 4.92. The largest absolute Gasteiger partial charge is 0.497 e. The highest BCUT2D eigenvalue weighted by molar-refractivity contribution is 8.17. The van der Waals surface area contributed by atoms with E-state index in [-0.39, 0.29) is 10.9 Å². The molecule has 1 heterocycles. The fourth-order valence-electron chi connectivity index (χ4n) is 1.61. The summed E-state index contributed by atoms with van der Waals surface area (Å²) in [6, 6.07) is 8.48. The number of rotatable bonds is 2. The molecule has 0 atom stereocenters. The van der Waals surface area contributed by atoms with Gasteiger partial charge in [-0.15, -0.1) is 0 Å². The van der Waals surface area contributed by atoms with E-state index in [2.05, 4.69) is 12.1 Å². The van der Waals surface area contributed by atoms with Crippen molar-refractivity contribution in [3.8, 4) is 5.75 Å². The first-order chi connectivity index (χ1) is 6.90. The van der Waals surface area contributed by atoms with E-state index in [0.29, 0.717) is 0 Å². The fourth-order valence-corrected chi connectivity index (χ4v) is 3.62. The van der Waals surface area contributed by atoms with Gasteiger partial charge < -0.3 is 9.47 Å². The van der Waals surface area contributed by atoms with E-state index in [1.165, 1.54) is 16.4 Å². The molecule has 0 N–H and O–H groups in total. The van der Waals surface area contributed by atoms with Gasteiger partial charge in [0.2, 0.25) is 0 Å². The molecule has 0 bridgehead atoms. The third kappa shape index (κ3) is 2.22. The van der Waals surface area contributed by atoms with Crippen molar-refractivity contribution in [2.75, 3.05) is 31.8 Å². The number of ether oxygens (including phenoxy) is 2. The molecule has 0 radical (unpaired) electrons. The second kappa shape index (κ2) is 4.71. The Hall–Kier alpha value is -0.670. The second-order valence-corrected chi connectivity index (χ2v) is 5.79. The van der Waals surface area contributed by atoms with Gasteiger partial charge in [0.1, 0.15) is 5.75 Å². The minimum atomic E-state index is 0.0352. The van der Waals surface area contributed by atoms with Crippen molar-refractivity contribution in [2.24, 2.45) is 0 Å². The zero-order chi connectivity index (χ0) is 9.80. The van der Waals surface area contributed by atoms with Gasteiger partial charge in [0, 0.05) is 11.5 Å². The van der Waals surface area contributed by atoms with Crippen molar-refractivity contribution in [2.45, 2.75) is 4.90 Å². The van der Waals surface area contributed by atoms with Crippen molar-refractivity contribution in [1.29, 1.82) is 0 Å². The average Bonchev–Trinajstić information content (AvgIpc) is 2.30. The summed E-state index contributed by atoms with van der Waals surface area (Å²) in [6.07, 6.45) is 0. The van der Waals surface area contributed by atoms with E-state index >= 15 is 0 Å². The van der Waals surface area contributed by atoms with Crippen LogP contribution in [0.25, 0.3) is 0 Å². The van der Waals surface area contributed by atoms with Gasteiger partial charge in [0.05, 0.1) is 20.3 Å². The van der Waals surface area contributed by atoms with Gasteiger partial charge >= 0.3 is 0 Å². The van der Waals surface area contributed by atoms with Crippen LogP contribution >= 0.6 is 10.9 Å². The maximum absolute atomic E-state index is 5.36. The highest BCUT2D eigenvalue weighted by Gasteiger charge is 2.11. The Labute approximate surface area is 87.6 Å². The Bertz CT molecular complexity index is 278. The van der Waals surface area contributed by atoms with Crippen LogP contribution in [-0.2, 0) is 4.74 Å². The summed E-state index contributed by atoms with van der Waals surface area (Å²) in [5, 5.41) is 0. The minimum Gasteiger partial charge on any atom is -0.497 e. The lowest BCUT2D eigenvalue weighted by atomic mass is 10.3. The molecule has 0 amide bonds. The molecule has 78 valence electrons. The van der Waals surface area contributed by atoms with Crippen LogP contribution in [0.5, 0.6) is 5.75 Å². The third-order valence-electron chi connectivity index (χ3n) is 2.45. The lowest BCUT2D eigenvalue weighted by Gasteiger charge is -2.26. The standard InChI is InChI=1S/C11H16O2S/c1-12-10-2-4-11(5-3-10)14-8-6-13-7-9-14/h2-5,14H,6-9H2,1H3. The summed E-state index contributed by atoms with van der Waals surface area (Å²) in [5.74, 6) is 3.36. The number of benzene rings is 1. The summed E-state index contributed by atoms with van der Waals surface area (Å²) >= 11 is 0. The normalized spacial score (nSPS) is 19.4. The van der Waals surface area contributed by atoms with Gasteiger partial charge in [-0.05, 0) is 29.2 Å². The maximum atomic E-state index is 5.36. The van der Waals surface area contributed by atoms with E-state index in [9.17, 15) is 0 Å². The number of hydrogen-bond acceptors (Lipinski definition) is 2. The Morgan fingerprint density at radius 2 is 1.79 bits per heavy atom. The van der Waals surface area contributed by atoms with Crippen LogP contribution in [0.2, 0.25) is 0 Å². The monoisotopic (exact) mass is 212 g/mol. The molecule has 3 heteroatoms. The number of hydrogen-bond donors (Lipinski definition) is 1. The lowest BCUT2D eigenvalue weighted by molar-refractivity contribution is 0.160. The van der Waals surface area contributed by atoms with Crippen LogP contribution in [0.1, 0.15) is 0 Å². The molecule has 0 saturated carbocycles. The number of thiol groups is 1. The molecule has 0 unspecified atom stereocenters. The highest BCUT2D eigenvalue weighted by Crippen LogP contribution is 2.38. The molecule has 1 aliphatic rings. The molecule has 1 saturated heterocycles. The Morgan fingerprint density at radius 3 is 2.36 bits per heavy atom. The molecular weight excluding hydrogens is 196 g/mol. The molecule has 1 aliphatic heterocycles. The minimum absolute atomic E-state index is 0.0352. The molecular formula is C11H16O2S. The van der Waals surface area contributed by atoms with E-state index in [4.69, 9.17) is 9.47 Å². The predicted octanol–water partition coefficient (Wildman–Crippen LogP) is 2.09. The molecule has 2 rings (SSSR count). The lowest BCUT2D eigenvalue weighted by Crippen LogP contribution is -2.14. The zero-order valence-corrected chi connectivity index (χ0v) is 9.30. The van der Waals surface area contributed by atoms with Crippen LogP contribution in [0.15, 0.2) is 29.2 Å². The molecule has 2 nitrogen and oxygen atoms in total. The van der Waals surface area contributed by atoms with Crippen molar-refractivity contribution in [3.63, 3.8) is 0 Å². The zero-order valence-electron chi connectivity index (χ0n) is 8.40. The van der Waals surface area contributed by atoms with Crippen LogP contribution in [0.3, 0.4) is 0 Å². The summed E-state index contributed by atoms with van der Waals surface area (Å²) in [7, 11) is 1.74. The first kappa shape index (κ1) is 9.87. The van der Waals surface area contributed by atoms with E-state index < -0.39 is 0 Å². The Morgan fingerprint density at radius 1 is 1.14 bits per heavy atom. The summed E-state index contributed by atoms with van der Waals surface area (Å²) in [4.78, 5) is 1.48. The van der Waals surface area contributed by atoms with Crippen molar-refractivity contribution in [3.05, 3.63) is 24.3 Å². The van der Waals surface area contributed by atoms with E-state index in [1.807, 2.05) is 12.1 Å². The Kier molecular flexibility index (Phi) is 3.32. The number of methoxy groups -OCH3 is 1. The first-order valence-electron chi connectivity index (χ1n) is 4.87. The second-order valence-electron chi connectivity index (χ2n) is 3.30. The van der Waals surface area contributed by atoms with Crippen LogP contribution in [0.4, 0.5) is 0 Å². The van der Waals surface area contributed by atoms with Crippen LogP contribution in [0, 0.1) is 0 Å². The van der Waals surface area contributed by atoms with Crippen molar-refractivity contribution >= 4 is 10.9 Å². The van der Waals surface area contributed by atoms with E-state index in [0.717, 1.165) is 19.0 Å². The molecule has 1 aromatic carbocycles. The van der Waals surface area contributed by atoms with Gasteiger partial charge in [-0.2, -0.15) is 0 Å². The van der Waals surface area contributed by atoms with Crippen molar-refractivity contribution in [1.82, 2.24) is 0 Å². The van der Waals surface area contributed by atoms with Gasteiger partial charge in [-0.1, -0.05) is 0 Å². The molecule has 1 fully saturated rings. The smallest absolute Gasteiger partial charge is 0.118 e. The maximum Gasteiger partial charge on any atom is 0.118 e. The predicted molar refractivity (Wildman–Crippen MR) is 60.8 cm³/mol. The van der Waals surface area contributed by atoms with Gasteiger partial charge in [0.15, 0.2) is 0 Å². The van der Waals surface area contributed by atoms with Crippen LogP contribution in [-0.4, -0.2) is 31.8 Å². The molecule has 1 aromatic rings. The first-order valence-corrected chi connectivity index (χ1v) is 6.58. The molecule has 0 spiro atoms. The Balaban J connectivity index is 2.07. The average molecular weight is 212 g/mol. The van der Waals surface area contributed by atoms with Gasteiger partial charge in [-0.25, -0.2) is 10.9 Å². The fraction of sp³-hybridized carbons (Fsp3) is 0.455. The van der Waals surface area contributed by atoms with Gasteiger partial charge in [0.25, 0.3) is 0 Å². The molecule has 14 heavy (non-hydrogen) atoms. The molecule has 0 aromatic heterocycles. The van der Waals surface area contributed by atoms with Crippen molar-refractivity contribution < 1.29 is 9.47 Å². The molecule has 0 aliphatic carbocycles. The van der Waals surface area contributed by atoms with Crippen LogP contribution < -0.4 is 4.74 Å². The summed E-state index contributed by atoms with van der Waals surface area (Å²) in [5.41, 5.74) is 0. The van der Waals surface area contributed by atoms with E-state index in [1.54, 1.807) is 7.11 Å².